The number of fused-ring (bicyclic) bond motifs is 4. The number of aromatic nitrogens is 4. The molecule has 31 heavy (non-hydrogen) atoms. The molecule has 0 amide bonds. The summed E-state index contributed by atoms with van der Waals surface area (Å²) in [6.45, 7) is 0. The van der Waals surface area contributed by atoms with E-state index in [0.717, 1.165) is 37.9 Å². The van der Waals surface area contributed by atoms with Gasteiger partial charge >= 0.3 is 29.6 Å². The number of halogens is 3. The van der Waals surface area contributed by atoms with Crippen LogP contribution in [-0.2, 0) is 4.79 Å². The first-order valence-corrected chi connectivity index (χ1v) is 9.76. The SMILES string of the molecule is O=C([O-])[C@H]1C2CCC(CC2)[C@@H]1Nc1nc(-c2[nH]nc3ncc(F)cc23)c(F)cc1F.[Na+]. The van der Waals surface area contributed by atoms with Gasteiger partial charge in [-0.15, -0.1) is 0 Å². The normalized spacial score (nSPS) is 24.7. The Kier molecular flexibility index (Phi) is 5.97. The standard InChI is InChI=1S/C20H18F3N5O2.Na/c21-10-5-11-16(27-28-18(11)24-7-10)17-12(22)6-13(23)19(26-17)25-15-9-3-1-8(2-4-9)14(15)20(29)30;/h5-9,14-15H,1-4H2,(H,25,26)(H,29,30)(H,24,27,28);/q;+1/p-1/t8?,9?,14-,15-;/m0./s1. The molecule has 0 spiro atoms. The molecule has 3 aromatic rings. The van der Waals surface area contributed by atoms with Gasteiger partial charge in [0.15, 0.2) is 23.1 Å². The first kappa shape index (κ1) is 22.0. The summed E-state index contributed by atoms with van der Waals surface area (Å²) in [7, 11) is 0. The van der Waals surface area contributed by atoms with Gasteiger partial charge in [-0.05, 0) is 43.6 Å². The van der Waals surface area contributed by atoms with Crippen molar-refractivity contribution in [2.24, 2.45) is 17.8 Å². The smallest absolute Gasteiger partial charge is 0.550 e. The fourth-order valence-corrected chi connectivity index (χ4v) is 4.95. The van der Waals surface area contributed by atoms with Gasteiger partial charge in [-0.25, -0.2) is 23.1 Å². The van der Waals surface area contributed by atoms with E-state index in [1.54, 1.807) is 0 Å². The number of rotatable bonds is 4. The fraction of sp³-hybridized carbons (Fsp3) is 0.400. The van der Waals surface area contributed by atoms with Crippen molar-refractivity contribution in [2.75, 3.05) is 5.32 Å². The molecule has 7 nitrogen and oxygen atoms in total. The molecule has 3 fully saturated rings. The van der Waals surface area contributed by atoms with Crippen molar-refractivity contribution in [3.63, 3.8) is 0 Å². The van der Waals surface area contributed by atoms with Gasteiger partial charge in [0.25, 0.3) is 0 Å². The van der Waals surface area contributed by atoms with Crippen molar-refractivity contribution in [1.29, 1.82) is 0 Å². The van der Waals surface area contributed by atoms with Crippen molar-refractivity contribution in [3.8, 4) is 11.4 Å². The van der Waals surface area contributed by atoms with E-state index in [4.69, 9.17) is 0 Å². The minimum absolute atomic E-state index is 0. The summed E-state index contributed by atoms with van der Waals surface area (Å²) in [5.41, 5.74) is -0.0491. The molecule has 6 rings (SSSR count). The van der Waals surface area contributed by atoms with Crippen LogP contribution < -0.4 is 40.0 Å². The number of nitrogens with one attached hydrogen (secondary N) is 2. The molecule has 3 heterocycles. The second kappa shape index (κ2) is 8.40. The van der Waals surface area contributed by atoms with Gasteiger partial charge in [0.1, 0.15) is 11.5 Å². The van der Waals surface area contributed by atoms with Gasteiger partial charge < -0.3 is 15.2 Å². The number of aliphatic carboxylic acids is 1. The summed E-state index contributed by atoms with van der Waals surface area (Å²) in [5, 5.41) is 21.3. The van der Waals surface area contributed by atoms with Crippen LogP contribution in [-0.4, -0.2) is 32.2 Å². The van der Waals surface area contributed by atoms with E-state index in [0.29, 0.717) is 6.07 Å². The Hall–Kier alpha value is -2.17. The number of carboxylic acids is 1. The van der Waals surface area contributed by atoms with Crippen molar-refractivity contribution in [1.82, 2.24) is 20.2 Å². The molecule has 0 unspecified atom stereocenters. The van der Waals surface area contributed by atoms with E-state index < -0.39 is 35.4 Å². The van der Waals surface area contributed by atoms with Gasteiger partial charge in [0.2, 0.25) is 0 Å². The molecule has 3 aromatic heterocycles. The number of aromatic amines is 1. The van der Waals surface area contributed by atoms with Crippen molar-refractivity contribution >= 4 is 22.8 Å². The Morgan fingerprint density at radius 3 is 2.52 bits per heavy atom. The van der Waals surface area contributed by atoms with E-state index in [1.165, 1.54) is 0 Å². The number of carbonyl (C=O) groups excluding carboxylic acids is 1. The summed E-state index contributed by atoms with van der Waals surface area (Å²) < 4.78 is 42.7. The van der Waals surface area contributed by atoms with Crippen LogP contribution in [0.3, 0.4) is 0 Å². The zero-order valence-corrected chi connectivity index (χ0v) is 18.7. The van der Waals surface area contributed by atoms with Gasteiger partial charge in [0.05, 0.1) is 17.3 Å². The van der Waals surface area contributed by atoms with Crippen LogP contribution in [0.25, 0.3) is 22.4 Å². The summed E-state index contributed by atoms with van der Waals surface area (Å²) in [4.78, 5) is 19.6. The van der Waals surface area contributed by atoms with Crippen molar-refractivity contribution < 1.29 is 52.6 Å². The van der Waals surface area contributed by atoms with Gasteiger partial charge in [0, 0.05) is 24.0 Å². The average molecular weight is 439 g/mol. The number of pyridine rings is 2. The molecule has 0 saturated heterocycles. The first-order valence-electron chi connectivity index (χ1n) is 9.76. The molecule has 2 atom stereocenters. The Morgan fingerprint density at radius 1 is 1.10 bits per heavy atom. The van der Waals surface area contributed by atoms with Gasteiger partial charge in [-0.3, -0.25) is 5.10 Å². The van der Waals surface area contributed by atoms with E-state index in [2.05, 4.69) is 25.5 Å². The number of carboxylic acid groups (broad SMARTS) is 1. The molecule has 3 aliphatic carbocycles. The monoisotopic (exact) mass is 439 g/mol. The van der Waals surface area contributed by atoms with Crippen LogP contribution in [0.1, 0.15) is 25.7 Å². The molecular formula is C20H17F3N5NaO2. The molecule has 156 valence electrons. The van der Waals surface area contributed by atoms with E-state index in [-0.39, 0.29) is 69.6 Å². The van der Waals surface area contributed by atoms with E-state index in [1.807, 2.05) is 0 Å². The maximum Gasteiger partial charge on any atom is 1.00 e. The molecule has 0 radical (unpaired) electrons. The van der Waals surface area contributed by atoms with Gasteiger partial charge in [-0.1, -0.05) is 0 Å². The van der Waals surface area contributed by atoms with Crippen molar-refractivity contribution in [3.05, 3.63) is 35.8 Å². The zero-order valence-electron chi connectivity index (χ0n) is 16.7. The van der Waals surface area contributed by atoms with Crippen LogP contribution in [0.5, 0.6) is 0 Å². The quantitative estimate of drug-likeness (QED) is 0.527. The van der Waals surface area contributed by atoms with Crippen LogP contribution in [0.4, 0.5) is 19.0 Å². The molecular weight excluding hydrogens is 422 g/mol. The van der Waals surface area contributed by atoms with Gasteiger partial charge in [-0.2, -0.15) is 5.10 Å². The summed E-state index contributed by atoms with van der Waals surface area (Å²) in [5.74, 6) is -4.74. The molecule has 11 heteroatoms. The molecule has 0 aliphatic heterocycles. The maximum absolute atomic E-state index is 14.6. The molecule has 0 aromatic carbocycles. The van der Waals surface area contributed by atoms with Crippen LogP contribution in [0.15, 0.2) is 18.3 Å². The third-order valence-corrected chi connectivity index (χ3v) is 6.34. The maximum atomic E-state index is 14.6. The molecule has 3 aliphatic rings. The predicted molar refractivity (Wildman–Crippen MR) is 98.3 cm³/mol. The predicted octanol–water partition coefficient (Wildman–Crippen LogP) is -0.592. The zero-order chi connectivity index (χ0) is 21.0. The minimum Gasteiger partial charge on any atom is -0.550 e. The number of nitrogens with zero attached hydrogens (tertiary/aromatic N) is 3. The first-order chi connectivity index (χ1) is 14.4. The molecule has 2 N–H and O–H groups in total. The Morgan fingerprint density at radius 2 is 1.81 bits per heavy atom. The molecule has 3 saturated carbocycles. The Bertz CT molecular complexity index is 1150. The summed E-state index contributed by atoms with van der Waals surface area (Å²) in [6, 6.07) is 1.24. The third kappa shape index (κ3) is 3.81. The fourth-order valence-electron chi connectivity index (χ4n) is 4.95. The number of anilines is 1. The van der Waals surface area contributed by atoms with E-state index in [9.17, 15) is 23.1 Å². The second-order valence-electron chi connectivity index (χ2n) is 7.96. The number of H-pyrrole nitrogens is 1. The van der Waals surface area contributed by atoms with Crippen LogP contribution >= 0.6 is 0 Å². The summed E-state index contributed by atoms with van der Waals surface area (Å²) in [6.07, 6.45) is 4.23. The summed E-state index contributed by atoms with van der Waals surface area (Å²) >= 11 is 0. The number of hydrogen-bond acceptors (Lipinski definition) is 6. The Balaban J connectivity index is 0.00000231. The van der Waals surface area contributed by atoms with Crippen LogP contribution in [0.2, 0.25) is 0 Å². The second-order valence-corrected chi connectivity index (χ2v) is 7.96. The minimum atomic E-state index is -1.18. The Labute approximate surface area is 197 Å². The third-order valence-electron chi connectivity index (χ3n) is 6.34. The van der Waals surface area contributed by atoms with Crippen LogP contribution in [0, 0.1) is 35.2 Å². The van der Waals surface area contributed by atoms with E-state index >= 15 is 0 Å². The largest absolute Gasteiger partial charge is 1.00 e. The number of hydrogen-bond donors (Lipinski definition) is 2. The average Bonchev–Trinajstić information content (AvgIpc) is 3.13. The van der Waals surface area contributed by atoms with Crippen molar-refractivity contribution in [2.45, 2.75) is 31.7 Å². The number of carbonyl (C=O) groups is 1. The molecule has 2 bridgehead atoms. The topological polar surface area (TPSA) is 107 Å².